The molecule has 43 heavy (non-hydrogen) atoms. The van der Waals surface area contributed by atoms with Gasteiger partial charge in [-0.25, -0.2) is 18.0 Å². The number of benzene rings is 3. The van der Waals surface area contributed by atoms with Crippen LogP contribution < -0.4 is 15.4 Å². The van der Waals surface area contributed by atoms with Crippen molar-refractivity contribution >= 4 is 36.5 Å². The molecule has 2 N–H and O–H groups in total. The Bertz CT molecular complexity index is 1350. The lowest BCUT2D eigenvalue weighted by molar-refractivity contribution is 0.204. The van der Waals surface area contributed by atoms with Gasteiger partial charge in [0.1, 0.15) is 5.75 Å². The molecule has 5 rings (SSSR count). The quantitative estimate of drug-likeness (QED) is 0.236. The number of hydrogen-bond donors (Lipinski definition) is 2. The van der Waals surface area contributed by atoms with Crippen LogP contribution in [0.3, 0.4) is 0 Å². The van der Waals surface area contributed by atoms with Crippen molar-refractivity contribution in [3.8, 4) is 11.5 Å². The zero-order valence-electron chi connectivity index (χ0n) is 24.2. The highest BCUT2D eigenvalue weighted by molar-refractivity contribution is 5.89. The summed E-state index contributed by atoms with van der Waals surface area (Å²) in [6.07, 6.45) is 4.52. The molecule has 0 spiro atoms. The molecule has 3 aromatic rings. The van der Waals surface area contributed by atoms with E-state index >= 15 is 0 Å². The van der Waals surface area contributed by atoms with Crippen LogP contribution in [0.4, 0.5) is 23.7 Å². The summed E-state index contributed by atoms with van der Waals surface area (Å²) in [6.45, 7) is 8.55. The minimum Gasteiger partial charge on any atom is -0.454 e. The zero-order valence-corrected chi connectivity index (χ0v) is 25.8. The van der Waals surface area contributed by atoms with Gasteiger partial charge in [0.05, 0.1) is 0 Å². The molecule has 0 bridgehead atoms. The summed E-state index contributed by atoms with van der Waals surface area (Å²) >= 11 is 0. The lowest BCUT2D eigenvalue weighted by Crippen LogP contribution is -2.36. The lowest BCUT2D eigenvalue weighted by Gasteiger charge is -2.33. The molecule has 234 valence electrons. The van der Waals surface area contributed by atoms with Crippen molar-refractivity contribution in [1.82, 2.24) is 15.1 Å². The second-order valence-corrected chi connectivity index (χ2v) is 11.0. The van der Waals surface area contributed by atoms with E-state index in [4.69, 9.17) is 4.74 Å². The monoisotopic (exact) mass is 638 g/mol. The van der Waals surface area contributed by atoms with E-state index in [0.717, 1.165) is 63.4 Å². The molecule has 6 nitrogen and oxygen atoms in total. The number of amides is 2. The summed E-state index contributed by atoms with van der Waals surface area (Å²) in [6, 6.07) is 14.4. The van der Waals surface area contributed by atoms with Gasteiger partial charge in [-0.15, -0.1) is 24.8 Å². The van der Waals surface area contributed by atoms with Crippen LogP contribution in [-0.2, 0) is 6.54 Å². The van der Waals surface area contributed by atoms with Gasteiger partial charge in [0.15, 0.2) is 23.2 Å². The van der Waals surface area contributed by atoms with Crippen LogP contribution in [0.15, 0.2) is 54.6 Å². The fourth-order valence-electron chi connectivity index (χ4n) is 5.70. The molecule has 0 atom stereocenters. The second-order valence-electron chi connectivity index (χ2n) is 11.0. The summed E-state index contributed by atoms with van der Waals surface area (Å²) in [5.41, 5.74) is 4.42. The molecule has 2 amide bonds. The maximum Gasteiger partial charge on any atom is 0.319 e. The zero-order chi connectivity index (χ0) is 28.8. The predicted molar refractivity (Wildman–Crippen MR) is 168 cm³/mol. The summed E-state index contributed by atoms with van der Waals surface area (Å²) in [4.78, 5) is 17.2. The van der Waals surface area contributed by atoms with Gasteiger partial charge in [-0.3, -0.25) is 4.90 Å². The highest BCUT2D eigenvalue weighted by Gasteiger charge is 2.22. The fourth-order valence-corrected chi connectivity index (χ4v) is 5.70. The van der Waals surface area contributed by atoms with E-state index in [1.54, 1.807) is 12.1 Å². The predicted octanol–water partition coefficient (Wildman–Crippen LogP) is 7.65. The molecule has 0 radical (unpaired) electrons. The average molecular weight is 640 g/mol. The number of aryl methyl sites for hydroxylation is 1. The third-order valence-corrected chi connectivity index (χ3v) is 8.01. The number of nitrogens with one attached hydrogen (secondary N) is 2. The number of anilines is 1. The van der Waals surface area contributed by atoms with Crippen LogP contribution in [0, 0.1) is 24.4 Å². The maximum absolute atomic E-state index is 13.9. The summed E-state index contributed by atoms with van der Waals surface area (Å²) in [7, 11) is 0. The fraction of sp³-hybridized carbons (Fsp3) is 0.406. The Morgan fingerprint density at radius 2 is 1.53 bits per heavy atom. The van der Waals surface area contributed by atoms with Gasteiger partial charge in [-0.1, -0.05) is 18.2 Å². The van der Waals surface area contributed by atoms with Crippen molar-refractivity contribution in [1.29, 1.82) is 0 Å². The van der Waals surface area contributed by atoms with Crippen molar-refractivity contribution in [2.75, 3.05) is 44.6 Å². The van der Waals surface area contributed by atoms with Crippen molar-refractivity contribution in [3.05, 3.63) is 88.7 Å². The molecular weight excluding hydrogens is 600 g/mol. The molecule has 2 aliphatic heterocycles. The number of carbonyl (C=O) groups is 1. The number of ether oxygens (including phenoxy) is 1. The number of urea groups is 1. The third-order valence-electron chi connectivity index (χ3n) is 8.01. The van der Waals surface area contributed by atoms with E-state index < -0.39 is 17.5 Å². The maximum atomic E-state index is 13.9. The first kappa shape index (κ1) is 34.5. The third kappa shape index (κ3) is 9.50. The SMILES string of the molecule is Cc1ccc(NC(=O)NCCN2CCCC2)cc1C1CCN(Cc2ccc(Oc3cc(F)c(F)cc3F)cc2)CC1.Cl.Cl. The highest BCUT2D eigenvalue weighted by atomic mass is 35.5. The van der Waals surface area contributed by atoms with Gasteiger partial charge in [-0.2, -0.15) is 0 Å². The lowest BCUT2D eigenvalue weighted by atomic mass is 9.86. The van der Waals surface area contributed by atoms with Crippen molar-refractivity contribution < 1.29 is 22.7 Å². The van der Waals surface area contributed by atoms with Gasteiger partial charge < -0.3 is 20.3 Å². The number of piperidine rings is 1. The minimum absolute atomic E-state index is 0. The number of nitrogens with zero attached hydrogens (tertiary/aromatic N) is 2. The van der Waals surface area contributed by atoms with Gasteiger partial charge >= 0.3 is 6.03 Å². The topological polar surface area (TPSA) is 56.8 Å². The largest absolute Gasteiger partial charge is 0.454 e. The smallest absolute Gasteiger partial charge is 0.319 e. The van der Waals surface area contributed by atoms with Crippen molar-refractivity contribution in [2.45, 2.75) is 45.1 Å². The van der Waals surface area contributed by atoms with Crippen LogP contribution in [-0.4, -0.2) is 55.1 Å². The van der Waals surface area contributed by atoms with E-state index in [0.29, 0.717) is 30.3 Å². The van der Waals surface area contributed by atoms with E-state index in [1.165, 1.54) is 24.0 Å². The van der Waals surface area contributed by atoms with Crippen molar-refractivity contribution in [2.24, 2.45) is 0 Å². The molecule has 0 aromatic heterocycles. The van der Waals surface area contributed by atoms with E-state index in [9.17, 15) is 18.0 Å². The molecular formula is C32H39Cl2F3N4O2. The Kier molecular flexibility index (Phi) is 13.0. The molecule has 2 heterocycles. The number of rotatable bonds is 9. The highest BCUT2D eigenvalue weighted by Crippen LogP contribution is 2.33. The molecule has 2 aliphatic rings. The van der Waals surface area contributed by atoms with Gasteiger partial charge in [0, 0.05) is 37.5 Å². The first-order chi connectivity index (χ1) is 19.8. The Hall–Kier alpha value is -2.98. The van der Waals surface area contributed by atoms with Gasteiger partial charge in [-0.05, 0) is 106 Å². The normalized spacial score (nSPS) is 15.8. The minimum atomic E-state index is -1.25. The van der Waals surface area contributed by atoms with Gasteiger partial charge in [0.2, 0.25) is 0 Å². The average Bonchev–Trinajstić information content (AvgIpc) is 3.48. The number of halogens is 5. The Labute approximate surface area is 263 Å². The molecule has 0 unspecified atom stereocenters. The number of hydrogen-bond acceptors (Lipinski definition) is 4. The molecule has 0 aliphatic carbocycles. The summed E-state index contributed by atoms with van der Waals surface area (Å²) in [5.74, 6) is -2.95. The van der Waals surface area contributed by atoms with Crippen LogP contribution in [0.5, 0.6) is 11.5 Å². The molecule has 2 fully saturated rings. The van der Waals surface area contributed by atoms with Crippen LogP contribution in [0.2, 0.25) is 0 Å². The van der Waals surface area contributed by atoms with Crippen LogP contribution >= 0.6 is 24.8 Å². The standard InChI is InChI=1S/C32H37F3N4O2.2ClH/c1-22-4-7-25(37-32(40)36-12-17-38-13-2-3-14-38)18-27(22)24-10-15-39(16-11-24)21-23-5-8-26(9-6-23)41-31-20-29(34)28(33)19-30(31)35;;/h4-9,18-20,24H,2-3,10-17,21H2,1H3,(H2,36,37,40);2*1H. The summed E-state index contributed by atoms with van der Waals surface area (Å²) < 4.78 is 45.9. The Morgan fingerprint density at radius 3 is 2.23 bits per heavy atom. The first-order valence-electron chi connectivity index (χ1n) is 14.4. The molecule has 11 heteroatoms. The number of likely N-dealkylation sites (tertiary alicyclic amines) is 2. The number of carbonyl (C=O) groups excluding carboxylic acids is 1. The molecule has 3 aromatic carbocycles. The van der Waals surface area contributed by atoms with E-state index in [-0.39, 0.29) is 36.6 Å². The summed E-state index contributed by atoms with van der Waals surface area (Å²) in [5, 5.41) is 5.97. The van der Waals surface area contributed by atoms with Crippen molar-refractivity contribution in [3.63, 3.8) is 0 Å². The van der Waals surface area contributed by atoms with Crippen LogP contribution in [0.1, 0.15) is 48.3 Å². The van der Waals surface area contributed by atoms with E-state index in [2.05, 4.69) is 39.5 Å². The first-order valence-corrected chi connectivity index (χ1v) is 14.4. The van der Waals surface area contributed by atoms with Gasteiger partial charge in [0.25, 0.3) is 0 Å². The molecule has 0 saturated carbocycles. The van der Waals surface area contributed by atoms with E-state index in [1.807, 2.05) is 18.2 Å². The Balaban J connectivity index is 0.00000253. The Morgan fingerprint density at radius 1 is 0.860 bits per heavy atom. The second kappa shape index (κ2) is 16.2. The van der Waals surface area contributed by atoms with Crippen LogP contribution in [0.25, 0.3) is 0 Å². The molecule has 2 saturated heterocycles.